The van der Waals surface area contributed by atoms with Gasteiger partial charge < -0.3 is 5.11 Å². The Morgan fingerprint density at radius 3 is 2.48 bits per heavy atom. The van der Waals surface area contributed by atoms with Crippen LogP contribution in [-0.4, -0.2) is 13.5 Å². The third kappa shape index (κ3) is 3.39. The van der Waals surface area contributed by atoms with Gasteiger partial charge in [-0.05, 0) is 33.6 Å². The van der Waals surface area contributed by atoms with E-state index in [0.717, 1.165) is 6.07 Å². The van der Waals surface area contributed by atoms with E-state index < -0.39 is 34.0 Å². The summed E-state index contributed by atoms with van der Waals surface area (Å²) in [7, 11) is -4.12. The van der Waals surface area contributed by atoms with Crippen LogP contribution in [0.15, 0.2) is 45.8 Å². The topological polar surface area (TPSA) is 66.4 Å². The molecular weight excluding hydrogens is 368 g/mol. The van der Waals surface area contributed by atoms with Gasteiger partial charge in [0.15, 0.2) is 5.82 Å². The predicted octanol–water partition coefficient (Wildman–Crippen LogP) is 3.02. The van der Waals surface area contributed by atoms with Gasteiger partial charge >= 0.3 is 0 Å². The van der Waals surface area contributed by atoms with Crippen molar-refractivity contribution in [1.29, 1.82) is 0 Å². The number of nitrogens with one attached hydrogen (secondary N) is 1. The maximum atomic E-state index is 13.7. The molecule has 0 fully saturated rings. The molecule has 0 aliphatic rings. The van der Waals surface area contributed by atoms with Crippen molar-refractivity contribution in [3.05, 3.63) is 58.1 Å². The van der Waals surface area contributed by atoms with E-state index in [-0.39, 0.29) is 14.9 Å². The number of aliphatic hydroxyl groups is 1. The molecule has 4 nitrogen and oxygen atoms in total. The van der Waals surface area contributed by atoms with Crippen LogP contribution in [0.4, 0.5) is 14.5 Å². The Kier molecular flexibility index (Phi) is 4.60. The summed E-state index contributed by atoms with van der Waals surface area (Å²) in [5.41, 5.74) is -0.229. The van der Waals surface area contributed by atoms with E-state index in [1.165, 1.54) is 18.2 Å². The van der Waals surface area contributed by atoms with Gasteiger partial charge in [0.05, 0.1) is 17.2 Å². The van der Waals surface area contributed by atoms with E-state index in [9.17, 15) is 17.2 Å². The smallest absolute Gasteiger partial charge is 0.262 e. The lowest BCUT2D eigenvalue weighted by Gasteiger charge is -2.13. The fourth-order valence-corrected chi connectivity index (χ4v) is 3.69. The minimum atomic E-state index is -4.12. The molecule has 0 aliphatic heterocycles. The highest BCUT2D eigenvalue weighted by Gasteiger charge is 2.21. The highest BCUT2D eigenvalue weighted by molar-refractivity contribution is 9.10. The van der Waals surface area contributed by atoms with Crippen molar-refractivity contribution in [3.63, 3.8) is 0 Å². The second kappa shape index (κ2) is 6.08. The Labute approximate surface area is 128 Å². The lowest BCUT2D eigenvalue weighted by Crippen LogP contribution is -2.16. The Morgan fingerprint density at radius 1 is 1.19 bits per heavy atom. The molecule has 2 aromatic rings. The zero-order chi connectivity index (χ0) is 15.6. The van der Waals surface area contributed by atoms with Gasteiger partial charge in [0, 0.05) is 10.5 Å². The molecule has 21 heavy (non-hydrogen) atoms. The number of hydrogen-bond donors (Lipinski definition) is 2. The van der Waals surface area contributed by atoms with Crippen molar-refractivity contribution < 1.29 is 22.3 Å². The van der Waals surface area contributed by atoms with Crippen LogP contribution in [0, 0.1) is 11.6 Å². The van der Waals surface area contributed by atoms with Gasteiger partial charge in [0.1, 0.15) is 5.82 Å². The molecule has 2 aromatic carbocycles. The molecule has 2 rings (SSSR count). The van der Waals surface area contributed by atoms with Gasteiger partial charge in [-0.1, -0.05) is 18.2 Å². The second-order valence-electron chi connectivity index (χ2n) is 4.12. The number of benzene rings is 2. The molecule has 0 heterocycles. The molecule has 0 aliphatic carbocycles. The summed E-state index contributed by atoms with van der Waals surface area (Å²) in [6.45, 7) is -0.482. The minimum Gasteiger partial charge on any atom is -0.392 e. The third-order valence-electron chi connectivity index (χ3n) is 2.68. The normalized spacial score (nSPS) is 11.4. The molecular formula is C13H10BrF2NO3S. The molecule has 0 bridgehead atoms. The van der Waals surface area contributed by atoms with Crippen LogP contribution in [0.2, 0.25) is 0 Å². The molecule has 0 amide bonds. The zero-order valence-corrected chi connectivity index (χ0v) is 12.9. The van der Waals surface area contributed by atoms with Crippen molar-refractivity contribution in [2.24, 2.45) is 0 Å². The number of sulfonamides is 1. The second-order valence-corrected chi connectivity index (χ2v) is 6.62. The first-order valence-electron chi connectivity index (χ1n) is 5.71. The Balaban J connectivity index is 2.48. The average Bonchev–Trinajstić information content (AvgIpc) is 2.43. The molecule has 0 radical (unpaired) electrons. The van der Waals surface area contributed by atoms with E-state index in [1.54, 1.807) is 6.07 Å². The number of rotatable bonds is 4. The summed E-state index contributed by atoms with van der Waals surface area (Å²) < 4.78 is 53.2. The average molecular weight is 378 g/mol. The summed E-state index contributed by atoms with van der Waals surface area (Å²) >= 11 is 2.90. The number of aliphatic hydroxyl groups excluding tert-OH is 1. The first-order chi connectivity index (χ1) is 9.85. The number of halogens is 3. The predicted molar refractivity (Wildman–Crippen MR) is 77.2 cm³/mol. The van der Waals surface area contributed by atoms with Crippen molar-refractivity contribution in [3.8, 4) is 0 Å². The van der Waals surface area contributed by atoms with Gasteiger partial charge in [0.25, 0.3) is 10.0 Å². The third-order valence-corrected chi connectivity index (χ3v) is 4.75. The Hall–Kier alpha value is -1.51. The van der Waals surface area contributed by atoms with E-state index in [1.807, 2.05) is 4.72 Å². The minimum absolute atomic E-state index is 0.0648. The molecule has 0 aromatic heterocycles. The Morgan fingerprint density at radius 2 is 1.86 bits per heavy atom. The standard InChI is InChI=1S/C13H10BrF2NO3S/c14-10-5-9(15)6-11(16)13(10)17-21(19,20)12-4-2-1-3-8(12)7-18/h1-6,17-18H,7H2. The van der Waals surface area contributed by atoms with Gasteiger partial charge in [0.2, 0.25) is 0 Å². The highest BCUT2D eigenvalue weighted by Crippen LogP contribution is 2.29. The molecule has 112 valence electrons. The summed E-state index contributed by atoms with van der Waals surface area (Å²) in [4.78, 5) is -0.178. The van der Waals surface area contributed by atoms with E-state index >= 15 is 0 Å². The monoisotopic (exact) mass is 377 g/mol. The first kappa shape index (κ1) is 15.9. The molecule has 0 saturated heterocycles. The molecule has 0 saturated carbocycles. The van der Waals surface area contributed by atoms with Crippen LogP contribution < -0.4 is 4.72 Å². The van der Waals surface area contributed by atoms with Crippen LogP contribution in [0.3, 0.4) is 0 Å². The number of anilines is 1. The molecule has 0 atom stereocenters. The largest absolute Gasteiger partial charge is 0.392 e. The van der Waals surface area contributed by atoms with Crippen molar-refractivity contribution >= 4 is 31.6 Å². The number of hydrogen-bond acceptors (Lipinski definition) is 3. The van der Waals surface area contributed by atoms with Crippen molar-refractivity contribution in [1.82, 2.24) is 0 Å². The molecule has 2 N–H and O–H groups in total. The lowest BCUT2D eigenvalue weighted by atomic mass is 10.2. The Bertz CT molecular complexity index is 758. The van der Waals surface area contributed by atoms with E-state index in [4.69, 9.17) is 5.11 Å². The molecule has 8 heteroatoms. The van der Waals surface area contributed by atoms with Crippen molar-refractivity contribution in [2.45, 2.75) is 11.5 Å². The maximum absolute atomic E-state index is 13.7. The highest BCUT2D eigenvalue weighted by atomic mass is 79.9. The van der Waals surface area contributed by atoms with Crippen LogP contribution >= 0.6 is 15.9 Å². The summed E-state index contributed by atoms with van der Waals surface area (Å²) in [6.07, 6.45) is 0. The molecule has 0 unspecified atom stereocenters. The lowest BCUT2D eigenvalue weighted by molar-refractivity contribution is 0.278. The van der Waals surface area contributed by atoms with E-state index in [2.05, 4.69) is 15.9 Å². The van der Waals surface area contributed by atoms with Crippen LogP contribution in [-0.2, 0) is 16.6 Å². The quantitative estimate of drug-likeness (QED) is 0.860. The zero-order valence-electron chi connectivity index (χ0n) is 10.5. The summed E-state index contributed by atoms with van der Waals surface area (Å²) in [5, 5.41) is 9.17. The van der Waals surface area contributed by atoms with Crippen LogP contribution in [0.25, 0.3) is 0 Å². The van der Waals surface area contributed by atoms with E-state index in [0.29, 0.717) is 6.07 Å². The fraction of sp³-hybridized carbons (Fsp3) is 0.0769. The van der Waals surface area contributed by atoms with Crippen LogP contribution in [0.1, 0.15) is 5.56 Å². The van der Waals surface area contributed by atoms with Gasteiger partial charge in [-0.15, -0.1) is 0 Å². The van der Waals surface area contributed by atoms with Gasteiger partial charge in [-0.2, -0.15) is 0 Å². The van der Waals surface area contributed by atoms with Crippen molar-refractivity contribution in [2.75, 3.05) is 4.72 Å². The fourth-order valence-electron chi connectivity index (χ4n) is 1.73. The summed E-state index contributed by atoms with van der Waals surface area (Å²) in [5.74, 6) is -1.88. The maximum Gasteiger partial charge on any atom is 0.262 e. The van der Waals surface area contributed by atoms with Gasteiger partial charge in [-0.3, -0.25) is 4.72 Å². The van der Waals surface area contributed by atoms with Gasteiger partial charge in [-0.25, -0.2) is 17.2 Å². The summed E-state index contributed by atoms with van der Waals surface area (Å²) in [6, 6.07) is 7.27. The molecule has 0 spiro atoms. The first-order valence-corrected chi connectivity index (χ1v) is 7.99. The van der Waals surface area contributed by atoms with Crippen LogP contribution in [0.5, 0.6) is 0 Å². The SMILES string of the molecule is O=S(=O)(Nc1c(F)cc(F)cc1Br)c1ccccc1CO.